The Morgan fingerprint density at radius 3 is 2.60 bits per heavy atom. The molecular formula is C15H15ClN2O2. The quantitative estimate of drug-likeness (QED) is 0.809. The number of nitrogens with two attached hydrogens (primary N) is 1. The molecule has 4 N–H and O–H groups in total. The number of hydrogen-bond acceptors (Lipinski definition) is 3. The highest BCUT2D eigenvalue weighted by Gasteiger charge is 2.11. The lowest BCUT2D eigenvalue weighted by molar-refractivity contribution is 0.0948. The zero-order chi connectivity index (χ0) is 14.5. The number of aromatic hydroxyl groups is 1. The molecule has 0 saturated heterocycles. The Labute approximate surface area is 122 Å². The standard InChI is InChI=1S/C15H15ClN2O2/c16-12-5-6-14(19)13(7-12)15(20)18-9-11-4-2-1-3-10(11)8-17/h1-7,19H,8-9,17H2,(H,18,20). The molecule has 0 atom stereocenters. The van der Waals surface area contributed by atoms with Gasteiger partial charge in [-0.3, -0.25) is 4.79 Å². The Hall–Kier alpha value is -2.04. The number of halogens is 1. The topological polar surface area (TPSA) is 75.3 Å². The average molecular weight is 291 g/mol. The van der Waals surface area contributed by atoms with Crippen LogP contribution in [0.2, 0.25) is 5.02 Å². The fourth-order valence-electron chi connectivity index (χ4n) is 1.89. The maximum atomic E-state index is 12.0. The fraction of sp³-hybridized carbons (Fsp3) is 0.133. The van der Waals surface area contributed by atoms with Gasteiger partial charge < -0.3 is 16.2 Å². The minimum Gasteiger partial charge on any atom is -0.507 e. The van der Waals surface area contributed by atoms with E-state index < -0.39 is 0 Å². The highest BCUT2D eigenvalue weighted by Crippen LogP contribution is 2.21. The highest BCUT2D eigenvalue weighted by molar-refractivity contribution is 6.31. The maximum absolute atomic E-state index is 12.0. The van der Waals surface area contributed by atoms with Crippen molar-refractivity contribution in [3.8, 4) is 5.75 Å². The SMILES string of the molecule is NCc1ccccc1CNC(=O)c1cc(Cl)ccc1O. The van der Waals surface area contributed by atoms with E-state index in [2.05, 4.69) is 5.32 Å². The van der Waals surface area contributed by atoms with Gasteiger partial charge in [0.15, 0.2) is 0 Å². The van der Waals surface area contributed by atoms with Crippen molar-refractivity contribution in [3.05, 3.63) is 64.2 Å². The number of phenolic OH excluding ortho intramolecular Hbond substituents is 1. The summed E-state index contributed by atoms with van der Waals surface area (Å²) in [6.07, 6.45) is 0. The zero-order valence-corrected chi connectivity index (χ0v) is 11.5. The third-order valence-electron chi connectivity index (χ3n) is 2.98. The van der Waals surface area contributed by atoms with Crippen molar-refractivity contribution >= 4 is 17.5 Å². The van der Waals surface area contributed by atoms with Gasteiger partial charge in [-0.25, -0.2) is 0 Å². The first kappa shape index (κ1) is 14.4. The van der Waals surface area contributed by atoms with Crippen LogP contribution in [-0.2, 0) is 13.1 Å². The number of hydrogen-bond donors (Lipinski definition) is 3. The molecule has 104 valence electrons. The normalized spacial score (nSPS) is 10.3. The second-order valence-electron chi connectivity index (χ2n) is 4.32. The summed E-state index contributed by atoms with van der Waals surface area (Å²) in [6.45, 7) is 0.757. The number of amides is 1. The Kier molecular flexibility index (Phi) is 4.61. The summed E-state index contributed by atoms with van der Waals surface area (Å²) in [6, 6.07) is 12.0. The van der Waals surface area contributed by atoms with Crippen molar-refractivity contribution in [2.75, 3.05) is 0 Å². The van der Waals surface area contributed by atoms with E-state index in [0.717, 1.165) is 11.1 Å². The number of rotatable bonds is 4. The van der Waals surface area contributed by atoms with Crippen LogP contribution in [0.15, 0.2) is 42.5 Å². The molecule has 4 nitrogen and oxygen atoms in total. The minimum absolute atomic E-state index is 0.0981. The molecule has 2 rings (SSSR count). The minimum atomic E-state index is -0.378. The number of benzene rings is 2. The van der Waals surface area contributed by atoms with Crippen molar-refractivity contribution in [3.63, 3.8) is 0 Å². The first-order chi connectivity index (χ1) is 9.61. The molecule has 0 heterocycles. The van der Waals surface area contributed by atoms with Crippen LogP contribution in [0.25, 0.3) is 0 Å². The lowest BCUT2D eigenvalue weighted by Crippen LogP contribution is -2.23. The molecule has 0 aliphatic rings. The van der Waals surface area contributed by atoms with Gasteiger partial charge in [0.05, 0.1) is 5.56 Å². The molecule has 0 unspecified atom stereocenters. The van der Waals surface area contributed by atoms with E-state index in [0.29, 0.717) is 18.1 Å². The van der Waals surface area contributed by atoms with E-state index >= 15 is 0 Å². The number of phenols is 1. The Balaban J connectivity index is 2.11. The maximum Gasteiger partial charge on any atom is 0.255 e. The smallest absolute Gasteiger partial charge is 0.255 e. The molecule has 0 spiro atoms. The summed E-state index contributed by atoms with van der Waals surface area (Å²) >= 11 is 5.82. The summed E-state index contributed by atoms with van der Waals surface area (Å²) in [7, 11) is 0. The van der Waals surface area contributed by atoms with Crippen molar-refractivity contribution in [2.45, 2.75) is 13.1 Å². The van der Waals surface area contributed by atoms with Crippen LogP contribution in [0.4, 0.5) is 0 Å². The molecule has 20 heavy (non-hydrogen) atoms. The molecule has 0 fully saturated rings. The van der Waals surface area contributed by atoms with Crippen LogP contribution >= 0.6 is 11.6 Å². The largest absolute Gasteiger partial charge is 0.507 e. The van der Waals surface area contributed by atoms with Gasteiger partial charge in [-0.05, 0) is 29.3 Å². The monoisotopic (exact) mass is 290 g/mol. The van der Waals surface area contributed by atoms with Crippen molar-refractivity contribution in [1.82, 2.24) is 5.32 Å². The second-order valence-corrected chi connectivity index (χ2v) is 4.75. The van der Waals surface area contributed by atoms with Gasteiger partial charge in [-0.2, -0.15) is 0 Å². The lowest BCUT2D eigenvalue weighted by atomic mass is 10.1. The molecule has 0 bridgehead atoms. The number of nitrogens with one attached hydrogen (secondary N) is 1. The van der Waals surface area contributed by atoms with E-state index in [9.17, 15) is 9.90 Å². The van der Waals surface area contributed by atoms with E-state index in [1.807, 2.05) is 24.3 Å². The molecule has 1 amide bonds. The van der Waals surface area contributed by atoms with E-state index in [1.54, 1.807) is 0 Å². The Morgan fingerprint density at radius 1 is 1.20 bits per heavy atom. The molecule has 0 radical (unpaired) electrons. The van der Waals surface area contributed by atoms with E-state index in [1.165, 1.54) is 18.2 Å². The number of carbonyl (C=O) groups is 1. The molecule has 0 aromatic heterocycles. The Bertz CT molecular complexity index is 629. The van der Waals surface area contributed by atoms with Crippen molar-refractivity contribution < 1.29 is 9.90 Å². The average Bonchev–Trinajstić information content (AvgIpc) is 2.47. The van der Waals surface area contributed by atoms with Gasteiger partial charge in [0.2, 0.25) is 0 Å². The molecular weight excluding hydrogens is 276 g/mol. The first-order valence-electron chi connectivity index (χ1n) is 6.15. The van der Waals surface area contributed by atoms with E-state index in [4.69, 9.17) is 17.3 Å². The van der Waals surface area contributed by atoms with Gasteiger partial charge in [0, 0.05) is 18.1 Å². The van der Waals surface area contributed by atoms with Gasteiger partial charge in [0.25, 0.3) is 5.91 Å². The van der Waals surface area contributed by atoms with Crippen LogP contribution in [0.5, 0.6) is 5.75 Å². The van der Waals surface area contributed by atoms with E-state index in [-0.39, 0.29) is 17.2 Å². The Morgan fingerprint density at radius 2 is 1.90 bits per heavy atom. The van der Waals surface area contributed by atoms with Gasteiger partial charge in [-0.1, -0.05) is 35.9 Å². The molecule has 2 aromatic carbocycles. The zero-order valence-electron chi connectivity index (χ0n) is 10.8. The molecule has 0 aliphatic heterocycles. The predicted molar refractivity (Wildman–Crippen MR) is 78.6 cm³/mol. The van der Waals surface area contributed by atoms with Crippen LogP contribution < -0.4 is 11.1 Å². The number of carbonyl (C=O) groups excluding carboxylic acids is 1. The summed E-state index contributed by atoms with van der Waals surface area (Å²) in [4.78, 5) is 12.0. The predicted octanol–water partition coefficient (Wildman–Crippen LogP) is 2.43. The van der Waals surface area contributed by atoms with Crippen molar-refractivity contribution in [2.24, 2.45) is 5.73 Å². The van der Waals surface area contributed by atoms with Crippen molar-refractivity contribution in [1.29, 1.82) is 0 Å². The first-order valence-corrected chi connectivity index (χ1v) is 6.53. The highest BCUT2D eigenvalue weighted by atomic mass is 35.5. The van der Waals surface area contributed by atoms with Crippen LogP contribution in [0.1, 0.15) is 21.5 Å². The molecule has 5 heteroatoms. The van der Waals surface area contributed by atoms with Gasteiger partial charge >= 0.3 is 0 Å². The fourth-order valence-corrected chi connectivity index (χ4v) is 2.06. The third-order valence-corrected chi connectivity index (χ3v) is 3.22. The van der Waals surface area contributed by atoms with Crippen LogP contribution in [0, 0.1) is 0 Å². The second kappa shape index (κ2) is 6.41. The molecule has 2 aromatic rings. The molecule has 0 saturated carbocycles. The van der Waals surface area contributed by atoms with Gasteiger partial charge in [-0.15, -0.1) is 0 Å². The summed E-state index contributed by atoms with van der Waals surface area (Å²) in [5.41, 5.74) is 7.72. The van der Waals surface area contributed by atoms with Gasteiger partial charge in [0.1, 0.15) is 5.75 Å². The molecule has 0 aliphatic carbocycles. The summed E-state index contributed by atoms with van der Waals surface area (Å²) in [5.74, 6) is -0.476. The van der Waals surface area contributed by atoms with Crippen LogP contribution in [-0.4, -0.2) is 11.0 Å². The lowest BCUT2D eigenvalue weighted by Gasteiger charge is -2.10. The summed E-state index contributed by atoms with van der Waals surface area (Å²) < 4.78 is 0. The third kappa shape index (κ3) is 3.29. The van der Waals surface area contributed by atoms with Crippen LogP contribution in [0.3, 0.4) is 0 Å². The summed E-state index contributed by atoms with van der Waals surface area (Å²) in [5, 5.41) is 12.8.